The number of rotatable bonds is 5. The molecule has 2 aromatic carbocycles. The molecular formula is C20H16Cl2N2O3S. The van der Waals surface area contributed by atoms with Crippen LogP contribution < -0.4 is 15.4 Å². The second-order valence-electron chi connectivity index (χ2n) is 5.87. The summed E-state index contributed by atoms with van der Waals surface area (Å²) in [6.45, 7) is 1.40. The van der Waals surface area contributed by atoms with Crippen molar-refractivity contribution in [2.24, 2.45) is 0 Å². The van der Waals surface area contributed by atoms with E-state index in [1.165, 1.54) is 25.4 Å². The Balaban J connectivity index is 1.80. The molecule has 0 saturated carbocycles. The lowest BCUT2D eigenvalue weighted by Gasteiger charge is -2.11. The first-order valence-corrected chi connectivity index (χ1v) is 9.76. The van der Waals surface area contributed by atoms with Gasteiger partial charge >= 0.3 is 0 Å². The van der Waals surface area contributed by atoms with Crippen LogP contribution in [0.2, 0.25) is 10.0 Å². The van der Waals surface area contributed by atoms with Gasteiger partial charge in [0.1, 0.15) is 5.75 Å². The third kappa shape index (κ3) is 4.84. The molecule has 5 nitrogen and oxygen atoms in total. The van der Waals surface area contributed by atoms with Crippen LogP contribution in [0.5, 0.6) is 5.75 Å². The molecular weight excluding hydrogens is 419 g/mol. The molecule has 0 atom stereocenters. The molecule has 2 amide bonds. The Hall–Kier alpha value is -2.54. The van der Waals surface area contributed by atoms with Gasteiger partial charge in [-0.1, -0.05) is 23.2 Å². The van der Waals surface area contributed by atoms with Crippen LogP contribution in [0.15, 0.2) is 48.5 Å². The van der Waals surface area contributed by atoms with Crippen molar-refractivity contribution in [2.75, 3.05) is 17.7 Å². The highest BCUT2D eigenvalue weighted by atomic mass is 35.5. The topological polar surface area (TPSA) is 67.4 Å². The average molecular weight is 435 g/mol. The summed E-state index contributed by atoms with van der Waals surface area (Å²) in [4.78, 5) is 25.4. The van der Waals surface area contributed by atoms with Crippen molar-refractivity contribution in [3.05, 3.63) is 63.5 Å². The summed E-state index contributed by atoms with van der Waals surface area (Å²) in [5.74, 6) is 0.0117. The number of benzene rings is 2. The molecule has 0 aliphatic rings. The van der Waals surface area contributed by atoms with E-state index in [0.717, 1.165) is 10.4 Å². The van der Waals surface area contributed by atoms with Crippen LogP contribution in [0.3, 0.4) is 0 Å². The first-order chi connectivity index (χ1) is 13.4. The maximum Gasteiger partial charge on any atom is 0.265 e. The van der Waals surface area contributed by atoms with E-state index in [1.54, 1.807) is 42.5 Å². The number of methoxy groups -OCH3 is 1. The molecule has 3 rings (SSSR count). The van der Waals surface area contributed by atoms with Crippen LogP contribution in [0.1, 0.15) is 16.6 Å². The number of hydrogen-bond acceptors (Lipinski definition) is 4. The lowest BCUT2D eigenvalue weighted by atomic mass is 10.2. The van der Waals surface area contributed by atoms with E-state index in [4.69, 9.17) is 27.9 Å². The Kier molecular flexibility index (Phi) is 6.24. The van der Waals surface area contributed by atoms with Gasteiger partial charge in [-0.3, -0.25) is 9.59 Å². The van der Waals surface area contributed by atoms with Crippen LogP contribution in [0.25, 0.3) is 10.4 Å². The largest absolute Gasteiger partial charge is 0.495 e. The van der Waals surface area contributed by atoms with E-state index in [1.807, 2.05) is 6.07 Å². The highest BCUT2D eigenvalue weighted by Crippen LogP contribution is 2.33. The van der Waals surface area contributed by atoms with Crippen LogP contribution >= 0.6 is 34.5 Å². The van der Waals surface area contributed by atoms with E-state index in [2.05, 4.69) is 10.6 Å². The number of hydrogen-bond donors (Lipinski definition) is 2. The van der Waals surface area contributed by atoms with Gasteiger partial charge in [0.25, 0.3) is 5.91 Å². The highest BCUT2D eigenvalue weighted by molar-refractivity contribution is 7.17. The van der Waals surface area contributed by atoms with Crippen LogP contribution in [0.4, 0.5) is 11.4 Å². The lowest BCUT2D eigenvalue weighted by Crippen LogP contribution is -2.11. The van der Waals surface area contributed by atoms with Gasteiger partial charge in [0.2, 0.25) is 5.91 Å². The number of anilines is 2. The van der Waals surface area contributed by atoms with Crippen LogP contribution in [0, 0.1) is 0 Å². The summed E-state index contributed by atoms with van der Waals surface area (Å²) in [6.07, 6.45) is 0. The second-order valence-corrected chi connectivity index (χ2v) is 7.83. The molecule has 0 fully saturated rings. The summed E-state index contributed by atoms with van der Waals surface area (Å²) < 4.78 is 5.22. The smallest absolute Gasteiger partial charge is 0.265 e. The first-order valence-electron chi connectivity index (χ1n) is 8.19. The Morgan fingerprint density at radius 2 is 1.68 bits per heavy atom. The van der Waals surface area contributed by atoms with E-state index in [-0.39, 0.29) is 11.8 Å². The molecule has 0 aliphatic heterocycles. The van der Waals surface area contributed by atoms with E-state index < -0.39 is 0 Å². The van der Waals surface area contributed by atoms with Gasteiger partial charge in [-0.25, -0.2) is 0 Å². The van der Waals surface area contributed by atoms with Crippen molar-refractivity contribution in [3.63, 3.8) is 0 Å². The molecule has 3 aromatic rings. The van der Waals surface area contributed by atoms with Crippen molar-refractivity contribution in [2.45, 2.75) is 6.92 Å². The van der Waals surface area contributed by atoms with Crippen molar-refractivity contribution in [1.29, 1.82) is 0 Å². The molecule has 2 N–H and O–H groups in total. The fraction of sp³-hybridized carbons (Fsp3) is 0.100. The molecule has 0 radical (unpaired) electrons. The quantitative estimate of drug-likeness (QED) is 0.521. The Morgan fingerprint density at radius 1 is 0.964 bits per heavy atom. The van der Waals surface area contributed by atoms with Crippen molar-refractivity contribution >= 4 is 57.7 Å². The maximum absolute atomic E-state index is 12.6. The van der Waals surface area contributed by atoms with Crippen molar-refractivity contribution < 1.29 is 14.3 Å². The summed E-state index contributed by atoms with van der Waals surface area (Å²) in [6, 6.07) is 13.9. The van der Waals surface area contributed by atoms with E-state index in [9.17, 15) is 9.59 Å². The number of ether oxygens (including phenoxy) is 1. The number of thiophene rings is 1. The fourth-order valence-corrected chi connectivity index (χ4v) is 3.99. The molecule has 8 heteroatoms. The second kappa shape index (κ2) is 8.65. The normalized spacial score (nSPS) is 10.4. The third-order valence-electron chi connectivity index (χ3n) is 3.74. The SMILES string of the molecule is COc1ccc(NC(=O)c2ccc(-c3cc(Cl)cc(Cl)c3)s2)cc1NC(C)=O. The predicted octanol–water partition coefficient (Wildman–Crippen LogP) is 5.94. The van der Waals surface area contributed by atoms with Gasteiger partial charge in [-0.05, 0) is 54.1 Å². The first kappa shape index (κ1) is 20.2. The standard InChI is InChI=1S/C20H16Cl2N2O3S/c1-11(25)23-16-10-15(3-4-17(16)27-2)24-20(26)19-6-5-18(28-19)12-7-13(21)9-14(22)8-12/h3-10H,1-2H3,(H,23,25)(H,24,26). The molecule has 0 saturated heterocycles. The molecule has 1 heterocycles. The van der Waals surface area contributed by atoms with E-state index in [0.29, 0.717) is 32.0 Å². The summed E-state index contributed by atoms with van der Waals surface area (Å²) >= 11 is 13.4. The Labute approximate surface area is 176 Å². The number of halogens is 2. The number of amides is 2. The number of carbonyl (C=O) groups excluding carboxylic acids is 2. The maximum atomic E-state index is 12.6. The van der Waals surface area contributed by atoms with Gasteiger partial charge in [-0.2, -0.15) is 0 Å². The monoisotopic (exact) mass is 434 g/mol. The van der Waals surface area contributed by atoms with Crippen LogP contribution in [-0.2, 0) is 4.79 Å². The van der Waals surface area contributed by atoms with Gasteiger partial charge in [0.05, 0.1) is 17.7 Å². The Bertz CT molecular complexity index is 1030. The molecule has 1 aromatic heterocycles. The van der Waals surface area contributed by atoms with Crippen molar-refractivity contribution in [1.82, 2.24) is 0 Å². The summed E-state index contributed by atoms with van der Waals surface area (Å²) in [5.41, 5.74) is 1.86. The van der Waals surface area contributed by atoms with Gasteiger partial charge in [0, 0.05) is 27.5 Å². The fourth-order valence-electron chi connectivity index (χ4n) is 2.58. The number of carbonyl (C=O) groups is 2. The zero-order chi connectivity index (χ0) is 20.3. The lowest BCUT2D eigenvalue weighted by molar-refractivity contribution is -0.114. The van der Waals surface area contributed by atoms with Gasteiger partial charge in [0.15, 0.2) is 0 Å². The third-order valence-corrected chi connectivity index (χ3v) is 5.31. The van der Waals surface area contributed by atoms with Crippen molar-refractivity contribution in [3.8, 4) is 16.2 Å². The minimum Gasteiger partial charge on any atom is -0.495 e. The van der Waals surface area contributed by atoms with Crippen LogP contribution in [-0.4, -0.2) is 18.9 Å². The minimum absolute atomic E-state index is 0.232. The molecule has 0 aliphatic carbocycles. The molecule has 0 spiro atoms. The zero-order valence-corrected chi connectivity index (χ0v) is 17.3. The molecule has 28 heavy (non-hydrogen) atoms. The average Bonchev–Trinajstić information content (AvgIpc) is 3.11. The van der Waals surface area contributed by atoms with Gasteiger partial charge in [-0.15, -0.1) is 11.3 Å². The molecule has 0 bridgehead atoms. The summed E-state index contributed by atoms with van der Waals surface area (Å²) in [5, 5.41) is 6.57. The predicted molar refractivity (Wildman–Crippen MR) is 115 cm³/mol. The molecule has 144 valence electrons. The zero-order valence-electron chi connectivity index (χ0n) is 15.0. The minimum atomic E-state index is -0.261. The highest BCUT2D eigenvalue weighted by Gasteiger charge is 2.13. The number of nitrogens with one attached hydrogen (secondary N) is 2. The summed E-state index contributed by atoms with van der Waals surface area (Å²) in [7, 11) is 1.51. The molecule has 0 unspecified atom stereocenters. The Morgan fingerprint density at radius 3 is 2.32 bits per heavy atom. The van der Waals surface area contributed by atoms with Gasteiger partial charge < -0.3 is 15.4 Å². The van der Waals surface area contributed by atoms with E-state index >= 15 is 0 Å².